The number of hydrogen-bond donors (Lipinski definition) is 2. The number of anilines is 1. The quantitative estimate of drug-likeness (QED) is 0.673. The van der Waals surface area contributed by atoms with E-state index in [1.54, 1.807) is 31.4 Å². The van der Waals surface area contributed by atoms with Crippen LogP contribution in [0.5, 0.6) is 5.75 Å². The molecule has 0 saturated carbocycles. The molecule has 3 aromatic carbocycles. The number of rotatable bonds is 4. The molecule has 0 saturated heterocycles. The lowest BCUT2D eigenvalue weighted by atomic mass is 10.1. The van der Waals surface area contributed by atoms with E-state index in [1.165, 1.54) is 6.07 Å². The van der Waals surface area contributed by atoms with Gasteiger partial charge in [0.05, 0.1) is 12.7 Å². The second-order valence-corrected chi connectivity index (χ2v) is 6.24. The molecule has 0 aliphatic heterocycles. The Bertz CT molecular complexity index is 984. The molecular formula is C19H14BrNO4. The number of ether oxygens (including phenoxy) is 1. The number of halogens is 1. The predicted molar refractivity (Wildman–Crippen MR) is 99.6 cm³/mol. The Morgan fingerprint density at radius 2 is 1.72 bits per heavy atom. The van der Waals surface area contributed by atoms with E-state index in [1.807, 2.05) is 24.3 Å². The fraction of sp³-hybridized carbons (Fsp3) is 0.0526. The number of carbonyl (C=O) groups is 2. The Kier molecular flexibility index (Phi) is 4.72. The normalized spacial score (nSPS) is 10.5. The molecule has 3 aromatic rings. The second-order valence-electron chi connectivity index (χ2n) is 5.38. The van der Waals surface area contributed by atoms with E-state index in [0.717, 1.165) is 16.5 Å². The van der Waals surface area contributed by atoms with Crippen LogP contribution in [0.15, 0.2) is 59.1 Å². The first kappa shape index (κ1) is 17.0. The molecule has 2 N–H and O–H groups in total. The van der Waals surface area contributed by atoms with E-state index in [-0.39, 0.29) is 11.5 Å². The van der Waals surface area contributed by atoms with Crippen molar-refractivity contribution in [3.05, 3.63) is 70.2 Å². The number of benzene rings is 3. The van der Waals surface area contributed by atoms with E-state index in [2.05, 4.69) is 21.2 Å². The minimum absolute atomic E-state index is 0.0865. The van der Waals surface area contributed by atoms with Gasteiger partial charge in [-0.05, 0) is 69.2 Å². The minimum Gasteiger partial charge on any atom is -0.497 e. The highest BCUT2D eigenvalue weighted by Crippen LogP contribution is 2.24. The van der Waals surface area contributed by atoms with Gasteiger partial charge in [-0.2, -0.15) is 0 Å². The van der Waals surface area contributed by atoms with Crippen LogP contribution in [0.25, 0.3) is 10.8 Å². The van der Waals surface area contributed by atoms with Crippen molar-refractivity contribution in [3.8, 4) is 5.75 Å². The van der Waals surface area contributed by atoms with E-state index in [4.69, 9.17) is 9.84 Å². The van der Waals surface area contributed by atoms with Crippen molar-refractivity contribution >= 4 is 44.3 Å². The minimum atomic E-state index is -1.07. The van der Waals surface area contributed by atoms with Gasteiger partial charge in [0.25, 0.3) is 5.91 Å². The zero-order chi connectivity index (χ0) is 18.0. The first-order valence-electron chi connectivity index (χ1n) is 7.40. The van der Waals surface area contributed by atoms with Crippen LogP contribution in [0.1, 0.15) is 20.7 Å². The summed E-state index contributed by atoms with van der Waals surface area (Å²) in [5, 5.41) is 13.7. The first-order chi connectivity index (χ1) is 12.0. The zero-order valence-electron chi connectivity index (χ0n) is 13.2. The van der Waals surface area contributed by atoms with Gasteiger partial charge in [0.1, 0.15) is 5.75 Å². The Hall–Kier alpha value is -2.86. The van der Waals surface area contributed by atoms with Gasteiger partial charge in [0.2, 0.25) is 0 Å². The van der Waals surface area contributed by atoms with Crippen LogP contribution in [-0.2, 0) is 0 Å². The number of carbonyl (C=O) groups excluding carboxylic acids is 1. The summed E-state index contributed by atoms with van der Waals surface area (Å²) in [7, 11) is 1.60. The van der Waals surface area contributed by atoms with Crippen molar-refractivity contribution in [3.63, 3.8) is 0 Å². The highest BCUT2D eigenvalue weighted by molar-refractivity contribution is 9.10. The van der Waals surface area contributed by atoms with Gasteiger partial charge in [0.15, 0.2) is 0 Å². The fourth-order valence-corrected chi connectivity index (χ4v) is 2.88. The average molecular weight is 400 g/mol. The molecule has 0 aliphatic carbocycles. The van der Waals surface area contributed by atoms with Crippen LogP contribution in [0.4, 0.5) is 5.69 Å². The molecule has 0 unspecified atom stereocenters. The molecule has 0 bridgehead atoms. The van der Waals surface area contributed by atoms with Crippen molar-refractivity contribution in [2.24, 2.45) is 0 Å². The zero-order valence-corrected chi connectivity index (χ0v) is 14.8. The maximum absolute atomic E-state index is 12.5. The second kappa shape index (κ2) is 6.94. The molecule has 25 heavy (non-hydrogen) atoms. The Morgan fingerprint density at radius 1 is 1.00 bits per heavy atom. The number of carboxylic acids is 1. The maximum atomic E-state index is 12.5. The molecule has 0 radical (unpaired) electrons. The standard InChI is InChI=1S/C19H14BrNO4/c1-25-15-6-4-11-8-13(3-2-12(11)9-15)18(22)21-14-5-7-17(20)16(10-14)19(23)24/h2-10H,1H3,(H,21,22)(H,23,24). The van der Waals surface area contributed by atoms with Crippen molar-refractivity contribution in [2.75, 3.05) is 12.4 Å². The highest BCUT2D eigenvalue weighted by atomic mass is 79.9. The van der Waals surface area contributed by atoms with Gasteiger partial charge in [-0.1, -0.05) is 12.1 Å². The van der Waals surface area contributed by atoms with E-state index in [0.29, 0.717) is 15.7 Å². The van der Waals surface area contributed by atoms with Crippen LogP contribution in [0.2, 0.25) is 0 Å². The summed E-state index contributed by atoms with van der Waals surface area (Å²) >= 11 is 3.18. The third-order valence-electron chi connectivity index (χ3n) is 3.76. The largest absolute Gasteiger partial charge is 0.497 e. The van der Waals surface area contributed by atoms with Gasteiger partial charge in [-0.3, -0.25) is 4.79 Å². The third-order valence-corrected chi connectivity index (χ3v) is 4.46. The van der Waals surface area contributed by atoms with E-state index >= 15 is 0 Å². The van der Waals surface area contributed by atoms with Crippen LogP contribution >= 0.6 is 15.9 Å². The first-order valence-corrected chi connectivity index (χ1v) is 8.19. The monoisotopic (exact) mass is 399 g/mol. The lowest BCUT2D eigenvalue weighted by Gasteiger charge is -2.09. The summed E-state index contributed by atoms with van der Waals surface area (Å²) in [4.78, 5) is 23.6. The van der Waals surface area contributed by atoms with Gasteiger partial charge < -0.3 is 15.2 Å². The van der Waals surface area contributed by atoms with E-state index in [9.17, 15) is 9.59 Å². The lowest BCUT2D eigenvalue weighted by Crippen LogP contribution is -2.12. The number of carboxylic acid groups (broad SMARTS) is 1. The van der Waals surface area contributed by atoms with Crippen LogP contribution in [0, 0.1) is 0 Å². The fourth-order valence-electron chi connectivity index (χ4n) is 2.46. The van der Waals surface area contributed by atoms with Crippen molar-refractivity contribution < 1.29 is 19.4 Å². The Morgan fingerprint density at radius 3 is 2.44 bits per heavy atom. The summed E-state index contributed by atoms with van der Waals surface area (Å²) in [6.45, 7) is 0. The molecule has 6 heteroatoms. The van der Waals surface area contributed by atoms with Crippen molar-refractivity contribution in [1.29, 1.82) is 0 Å². The molecule has 0 aromatic heterocycles. The average Bonchev–Trinajstić information content (AvgIpc) is 2.62. The van der Waals surface area contributed by atoms with Crippen molar-refractivity contribution in [1.82, 2.24) is 0 Å². The number of amides is 1. The summed E-state index contributed by atoms with van der Waals surface area (Å²) in [5.74, 6) is -0.625. The van der Waals surface area contributed by atoms with Gasteiger partial charge in [0, 0.05) is 15.7 Å². The van der Waals surface area contributed by atoms with Crippen molar-refractivity contribution in [2.45, 2.75) is 0 Å². The van der Waals surface area contributed by atoms with Crippen LogP contribution in [0.3, 0.4) is 0 Å². The molecule has 5 nitrogen and oxygen atoms in total. The van der Waals surface area contributed by atoms with Gasteiger partial charge in [-0.25, -0.2) is 4.79 Å². The Labute approximate surface area is 152 Å². The molecular weight excluding hydrogens is 386 g/mol. The molecule has 0 atom stereocenters. The molecule has 0 heterocycles. The molecule has 1 amide bonds. The number of aromatic carboxylic acids is 1. The SMILES string of the molecule is COc1ccc2cc(C(=O)Nc3ccc(Br)c(C(=O)O)c3)ccc2c1. The van der Waals surface area contributed by atoms with Crippen LogP contribution in [-0.4, -0.2) is 24.1 Å². The van der Waals surface area contributed by atoms with Gasteiger partial charge >= 0.3 is 5.97 Å². The molecule has 0 aliphatic rings. The molecule has 3 rings (SSSR count). The lowest BCUT2D eigenvalue weighted by molar-refractivity contribution is 0.0695. The predicted octanol–water partition coefficient (Wildman–Crippen LogP) is 4.56. The number of fused-ring (bicyclic) bond motifs is 1. The Balaban J connectivity index is 1.87. The molecule has 0 spiro atoms. The number of nitrogens with one attached hydrogen (secondary N) is 1. The number of methoxy groups -OCH3 is 1. The summed E-state index contributed by atoms with van der Waals surface area (Å²) < 4.78 is 5.64. The summed E-state index contributed by atoms with van der Waals surface area (Å²) in [5.41, 5.74) is 0.987. The van der Waals surface area contributed by atoms with Gasteiger partial charge in [-0.15, -0.1) is 0 Å². The summed E-state index contributed by atoms with van der Waals surface area (Å²) in [6.07, 6.45) is 0. The maximum Gasteiger partial charge on any atom is 0.336 e. The third kappa shape index (κ3) is 3.64. The molecule has 126 valence electrons. The van der Waals surface area contributed by atoms with Crippen LogP contribution < -0.4 is 10.1 Å². The van der Waals surface area contributed by atoms with E-state index < -0.39 is 5.97 Å². The smallest absolute Gasteiger partial charge is 0.336 e. The highest BCUT2D eigenvalue weighted by Gasteiger charge is 2.12. The molecule has 0 fully saturated rings. The summed E-state index contributed by atoms with van der Waals surface area (Å²) in [6, 6.07) is 15.6. The number of hydrogen-bond acceptors (Lipinski definition) is 3. The topological polar surface area (TPSA) is 75.6 Å².